The minimum atomic E-state index is -0.427. The van der Waals surface area contributed by atoms with Gasteiger partial charge in [0, 0.05) is 18.2 Å². The lowest BCUT2D eigenvalue weighted by Crippen LogP contribution is -3.00. The Morgan fingerprint density at radius 2 is 2.07 bits per heavy atom. The Bertz CT molecular complexity index is 1340. The Kier molecular flexibility index (Phi) is 4.88. The summed E-state index contributed by atoms with van der Waals surface area (Å²) in [5.74, 6) is 0. The highest BCUT2D eigenvalue weighted by Gasteiger charge is 2.28. The molecule has 1 aliphatic rings. The van der Waals surface area contributed by atoms with E-state index in [-0.39, 0.29) is 17.0 Å². The molecule has 0 amide bonds. The predicted octanol–water partition coefficient (Wildman–Crippen LogP) is 1.31. The van der Waals surface area contributed by atoms with Crippen LogP contribution in [0.3, 0.4) is 0 Å². The van der Waals surface area contributed by atoms with Gasteiger partial charge in [0.1, 0.15) is 17.2 Å². The van der Waals surface area contributed by atoms with E-state index in [0.29, 0.717) is 16.7 Å². The van der Waals surface area contributed by atoms with Crippen molar-refractivity contribution in [2.75, 3.05) is 0 Å². The summed E-state index contributed by atoms with van der Waals surface area (Å²) >= 11 is 1.56. The van der Waals surface area contributed by atoms with Gasteiger partial charge in [-0.05, 0) is 29.0 Å². The van der Waals surface area contributed by atoms with E-state index in [4.69, 9.17) is 4.42 Å². The molecule has 28 heavy (non-hydrogen) atoms. The molecule has 0 bridgehead atoms. The van der Waals surface area contributed by atoms with Crippen LogP contribution in [0.2, 0.25) is 0 Å². The summed E-state index contributed by atoms with van der Waals surface area (Å²) in [7, 11) is 0. The van der Waals surface area contributed by atoms with Crippen LogP contribution in [-0.4, -0.2) is 0 Å². The van der Waals surface area contributed by atoms with Crippen LogP contribution in [0.5, 0.6) is 0 Å². The molecule has 0 radical (unpaired) electrons. The van der Waals surface area contributed by atoms with Crippen LogP contribution in [0, 0.1) is 11.3 Å². The maximum atomic E-state index is 12.5. The number of rotatable bonds is 2. The van der Waals surface area contributed by atoms with Crippen LogP contribution in [-0.2, 0) is 13.0 Å². The lowest BCUT2D eigenvalue weighted by atomic mass is 10.0. The zero-order chi connectivity index (χ0) is 18.4. The zero-order valence-electron chi connectivity index (χ0n) is 14.8. The molecule has 2 aromatic carbocycles. The first-order chi connectivity index (χ1) is 13.2. The van der Waals surface area contributed by atoms with E-state index in [1.165, 1.54) is 5.69 Å². The molecule has 0 unspecified atom stereocenters. The molecule has 1 aliphatic heterocycles. The van der Waals surface area contributed by atoms with Crippen molar-refractivity contribution in [3.8, 4) is 6.07 Å². The number of hydrogen-bond donors (Lipinski definition) is 0. The van der Waals surface area contributed by atoms with E-state index in [2.05, 4.69) is 16.0 Å². The van der Waals surface area contributed by atoms with Crippen molar-refractivity contribution in [3.05, 3.63) is 74.5 Å². The van der Waals surface area contributed by atoms with Crippen LogP contribution in [0.25, 0.3) is 33.4 Å². The number of thiazole rings is 1. The quantitative estimate of drug-likeness (QED) is 0.200. The first-order valence-corrected chi connectivity index (χ1v) is 9.70. The lowest BCUT2D eigenvalue weighted by molar-refractivity contribution is -0.687. The van der Waals surface area contributed by atoms with Crippen molar-refractivity contribution < 1.29 is 26.0 Å². The fraction of sp³-hybridized carbons (Fsp3) is 0.136. The molecule has 4 aromatic rings. The van der Waals surface area contributed by atoms with Gasteiger partial charge in [0.05, 0.1) is 10.9 Å². The van der Waals surface area contributed by atoms with Crippen LogP contribution in [0.4, 0.5) is 0 Å². The fourth-order valence-electron chi connectivity index (χ4n) is 3.73. The third-order valence-electron chi connectivity index (χ3n) is 5.03. The number of fused-ring (bicyclic) bond motifs is 4. The van der Waals surface area contributed by atoms with Crippen molar-refractivity contribution in [1.29, 1.82) is 5.26 Å². The normalized spacial score (nSPS) is 13.3. The van der Waals surface area contributed by atoms with Gasteiger partial charge in [0.2, 0.25) is 0 Å². The molecule has 0 saturated heterocycles. The van der Waals surface area contributed by atoms with E-state index < -0.39 is 5.63 Å². The molecule has 6 heteroatoms. The fourth-order valence-corrected chi connectivity index (χ4v) is 4.79. The van der Waals surface area contributed by atoms with Crippen molar-refractivity contribution >= 4 is 44.7 Å². The second kappa shape index (κ2) is 7.34. The smallest absolute Gasteiger partial charge is 0.343 e. The highest BCUT2D eigenvalue weighted by atomic mass is 79.9. The molecule has 2 aromatic heterocycles. The molecule has 0 aliphatic carbocycles. The van der Waals surface area contributed by atoms with E-state index in [1.807, 2.05) is 42.5 Å². The number of nitrogens with zero attached hydrogens (tertiary/aromatic N) is 2. The van der Waals surface area contributed by atoms with Crippen LogP contribution in [0.15, 0.2) is 57.1 Å². The second-order valence-corrected chi connectivity index (χ2v) is 7.50. The number of aromatic nitrogens is 1. The minimum Gasteiger partial charge on any atom is -1.00 e. The molecule has 3 heterocycles. The summed E-state index contributed by atoms with van der Waals surface area (Å²) in [5.41, 5.74) is 2.29. The molecular formula is C22H15BrN2O2S. The molecule has 0 atom stereocenters. The highest BCUT2D eigenvalue weighted by Crippen LogP contribution is 2.27. The SMILES string of the molecule is N#C/C(=C\c1cc2c(ccc3ccccc32)oc1=O)c1scc2[n+]1CCC2.[Br-]. The van der Waals surface area contributed by atoms with Crippen molar-refractivity contribution in [1.82, 2.24) is 0 Å². The standard InChI is InChI=1S/C22H15N2O2S.BrH/c23-12-16(21-24-9-3-5-17(24)13-27-21)10-15-11-19-18-6-2-1-4-14(18)7-8-20(19)26-22(15)25;/h1-2,4,6-8,10-11,13H,3,5,9H2;1H/q+1;/p-1/b16-10+;. The molecule has 0 spiro atoms. The van der Waals surface area contributed by atoms with Gasteiger partial charge >= 0.3 is 5.63 Å². The third-order valence-corrected chi connectivity index (χ3v) is 6.09. The third kappa shape index (κ3) is 2.97. The Balaban J connectivity index is 0.00000192. The number of aryl methyl sites for hydroxylation is 1. The van der Waals surface area contributed by atoms with Gasteiger partial charge in [-0.1, -0.05) is 41.7 Å². The first kappa shape index (κ1) is 18.6. The Morgan fingerprint density at radius 1 is 1.21 bits per heavy atom. The highest BCUT2D eigenvalue weighted by molar-refractivity contribution is 7.10. The van der Waals surface area contributed by atoms with Crippen molar-refractivity contribution in [3.63, 3.8) is 0 Å². The Hall–Kier alpha value is -2.75. The summed E-state index contributed by atoms with van der Waals surface area (Å²) in [6.45, 7) is 0.921. The molecule has 4 nitrogen and oxygen atoms in total. The van der Waals surface area contributed by atoms with Gasteiger partial charge in [0.25, 0.3) is 5.01 Å². The predicted molar refractivity (Wildman–Crippen MR) is 106 cm³/mol. The second-order valence-electron chi connectivity index (χ2n) is 6.64. The molecule has 5 rings (SSSR count). The average Bonchev–Trinajstić information content (AvgIpc) is 3.30. The van der Waals surface area contributed by atoms with Gasteiger partial charge in [0.15, 0.2) is 12.2 Å². The molecular weight excluding hydrogens is 436 g/mol. The van der Waals surface area contributed by atoms with E-state index >= 15 is 0 Å². The number of allylic oxidation sites excluding steroid dienone is 1. The van der Waals surface area contributed by atoms with E-state index in [0.717, 1.165) is 40.6 Å². The van der Waals surface area contributed by atoms with Crippen molar-refractivity contribution in [2.24, 2.45) is 0 Å². The van der Waals surface area contributed by atoms with Gasteiger partial charge in [-0.15, -0.1) is 0 Å². The molecule has 138 valence electrons. The topological polar surface area (TPSA) is 57.9 Å². The first-order valence-electron chi connectivity index (χ1n) is 8.82. The number of benzene rings is 2. The van der Waals surface area contributed by atoms with Crippen LogP contribution < -0.4 is 27.2 Å². The largest absolute Gasteiger partial charge is 1.00 e. The van der Waals surface area contributed by atoms with Gasteiger partial charge < -0.3 is 21.4 Å². The summed E-state index contributed by atoms with van der Waals surface area (Å²) in [5, 5.41) is 15.7. The van der Waals surface area contributed by atoms with E-state index in [9.17, 15) is 10.1 Å². The summed E-state index contributed by atoms with van der Waals surface area (Å²) in [6, 6.07) is 15.9. The Morgan fingerprint density at radius 3 is 2.93 bits per heavy atom. The number of hydrogen-bond acceptors (Lipinski definition) is 4. The van der Waals surface area contributed by atoms with Crippen LogP contribution >= 0.6 is 11.3 Å². The maximum absolute atomic E-state index is 12.5. The summed E-state index contributed by atoms with van der Waals surface area (Å²) in [4.78, 5) is 12.5. The Labute approximate surface area is 175 Å². The number of halogens is 1. The maximum Gasteiger partial charge on any atom is 0.343 e. The van der Waals surface area contributed by atoms with E-state index in [1.54, 1.807) is 17.4 Å². The zero-order valence-corrected chi connectivity index (χ0v) is 17.2. The van der Waals surface area contributed by atoms with Crippen LogP contribution in [0.1, 0.15) is 22.7 Å². The average molecular weight is 451 g/mol. The van der Waals surface area contributed by atoms with Crippen molar-refractivity contribution in [2.45, 2.75) is 19.4 Å². The minimum absolute atomic E-state index is 0. The summed E-state index contributed by atoms with van der Waals surface area (Å²) in [6.07, 6.45) is 3.79. The number of nitriles is 1. The monoisotopic (exact) mass is 450 g/mol. The molecule has 0 N–H and O–H groups in total. The molecule has 0 fully saturated rings. The molecule has 0 saturated carbocycles. The summed E-state index contributed by atoms with van der Waals surface area (Å²) < 4.78 is 7.72. The van der Waals surface area contributed by atoms with Gasteiger partial charge in [-0.2, -0.15) is 9.83 Å². The van der Waals surface area contributed by atoms with Gasteiger partial charge in [-0.25, -0.2) is 4.79 Å². The van der Waals surface area contributed by atoms with Gasteiger partial charge in [-0.3, -0.25) is 0 Å². The lowest BCUT2D eigenvalue weighted by Gasteiger charge is -2.03.